The van der Waals surface area contributed by atoms with Crippen molar-refractivity contribution in [3.63, 3.8) is 0 Å². The molecule has 0 unspecified atom stereocenters. The molecule has 0 aliphatic carbocycles. The molecule has 0 aromatic carbocycles. The average molecular weight is 116 g/mol. The predicted octanol–water partition coefficient (Wildman–Crippen LogP) is 0.426. The molecule has 0 atom stereocenters. The van der Waals surface area contributed by atoms with Gasteiger partial charge < -0.3 is 0 Å². The lowest BCUT2D eigenvalue weighted by molar-refractivity contribution is -0.127. The molecule has 3 heteroatoms. The Kier molecular flexibility index (Phi) is 3.39. The Morgan fingerprint density at radius 1 is 1.75 bits per heavy atom. The van der Waals surface area contributed by atoms with Crippen LogP contribution < -0.4 is 5.90 Å². The number of Topliss-reactive ketones (excluding diaryl/α,β-unsaturated/α-hetero) is 1. The van der Waals surface area contributed by atoms with Crippen molar-refractivity contribution in [2.75, 3.05) is 6.61 Å². The molecule has 0 rings (SSSR count). The second kappa shape index (κ2) is 3.57. The Morgan fingerprint density at radius 2 is 2.25 bits per heavy atom. The van der Waals surface area contributed by atoms with Crippen LogP contribution in [0, 0.1) is 5.92 Å². The van der Waals surface area contributed by atoms with Crippen LogP contribution in [0.2, 0.25) is 0 Å². The molecule has 0 fully saturated rings. The average Bonchev–Trinajstić information content (AvgIpc) is 1.67. The molecule has 0 bridgehead atoms. The number of hydrogen-bond donors (Lipinski definition) is 0. The summed E-state index contributed by atoms with van der Waals surface area (Å²) < 4.78 is 0. The van der Waals surface area contributed by atoms with E-state index in [4.69, 9.17) is 5.90 Å². The molecule has 1 N–H and O–H groups in total. The molecule has 0 amide bonds. The van der Waals surface area contributed by atoms with Gasteiger partial charge in [0.15, 0.2) is 5.78 Å². The van der Waals surface area contributed by atoms with Crippen LogP contribution in [-0.4, -0.2) is 12.4 Å². The first-order valence-corrected chi connectivity index (χ1v) is 2.49. The molecule has 0 aliphatic heterocycles. The zero-order chi connectivity index (χ0) is 6.57. The van der Waals surface area contributed by atoms with Crippen LogP contribution in [-0.2, 0) is 9.63 Å². The minimum absolute atomic E-state index is 0.0136. The number of rotatable bonds is 3. The fraction of sp³-hybridized carbons (Fsp3) is 0.800. The number of hydrogen-bond acceptors (Lipinski definition) is 2. The van der Waals surface area contributed by atoms with Gasteiger partial charge in [0.05, 0.1) is 0 Å². The van der Waals surface area contributed by atoms with Gasteiger partial charge in [-0.2, -0.15) is 0 Å². The number of ketones is 1. The standard InChI is InChI=1S/C5H10NO2/c1-4(2)5(7)3-8-6/h4,6H,3H2,1-2H3. The van der Waals surface area contributed by atoms with Crippen molar-refractivity contribution >= 4 is 5.78 Å². The number of carbonyl (C=O) groups excluding carboxylic acids is 1. The molecule has 1 radical (unpaired) electrons. The zero-order valence-electron chi connectivity index (χ0n) is 5.10. The quantitative estimate of drug-likeness (QED) is 0.502. The van der Waals surface area contributed by atoms with Gasteiger partial charge in [-0.3, -0.25) is 9.63 Å². The summed E-state index contributed by atoms with van der Waals surface area (Å²) in [6.07, 6.45) is 0. The summed E-state index contributed by atoms with van der Waals surface area (Å²) in [4.78, 5) is 14.4. The Bertz CT molecular complexity index is 80.5. The van der Waals surface area contributed by atoms with E-state index in [2.05, 4.69) is 4.84 Å². The van der Waals surface area contributed by atoms with Crippen LogP contribution in [0.4, 0.5) is 0 Å². The third kappa shape index (κ3) is 2.71. The minimum atomic E-state index is -0.0856. The highest BCUT2D eigenvalue weighted by Gasteiger charge is 2.04. The lowest BCUT2D eigenvalue weighted by Gasteiger charge is -1.98. The Hall–Kier alpha value is -0.410. The molecular weight excluding hydrogens is 106 g/mol. The second-order valence-electron chi connectivity index (χ2n) is 1.91. The predicted molar refractivity (Wildman–Crippen MR) is 28.9 cm³/mol. The molecule has 0 heterocycles. The molecule has 3 nitrogen and oxygen atoms in total. The molecule has 0 saturated heterocycles. The maximum Gasteiger partial charge on any atom is 0.163 e. The Morgan fingerprint density at radius 3 is 2.38 bits per heavy atom. The maximum atomic E-state index is 10.5. The number of carbonyl (C=O) groups is 1. The van der Waals surface area contributed by atoms with E-state index < -0.39 is 0 Å². The zero-order valence-corrected chi connectivity index (χ0v) is 5.10. The van der Waals surface area contributed by atoms with Crippen molar-refractivity contribution in [2.24, 2.45) is 5.92 Å². The van der Waals surface area contributed by atoms with Crippen molar-refractivity contribution in [3.05, 3.63) is 0 Å². The summed E-state index contributed by atoms with van der Waals surface area (Å²) in [5.74, 6) is 6.16. The van der Waals surface area contributed by atoms with E-state index in [0.29, 0.717) is 0 Å². The van der Waals surface area contributed by atoms with Crippen LogP contribution in [0.1, 0.15) is 13.8 Å². The van der Waals surface area contributed by atoms with Crippen molar-refractivity contribution in [2.45, 2.75) is 13.8 Å². The van der Waals surface area contributed by atoms with Gasteiger partial charge in [-0.05, 0) is 0 Å². The van der Waals surface area contributed by atoms with Gasteiger partial charge in [0.25, 0.3) is 0 Å². The monoisotopic (exact) mass is 116 g/mol. The number of nitrogens with one attached hydrogen (secondary N) is 1. The molecule has 0 aromatic rings. The lowest BCUT2D eigenvalue weighted by Crippen LogP contribution is -2.13. The van der Waals surface area contributed by atoms with E-state index in [-0.39, 0.29) is 18.3 Å². The smallest absolute Gasteiger partial charge is 0.163 e. The van der Waals surface area contributed by atoms with Gasteiger partial charge in [-0.1, -0.05) is 13.8 Å². The molecule has 0 aromatic heterocycles. The largest absolute Gasteiger partial charge is 0.297 e. The molecule has 47 valence electrons. The summed E-state index contributed by atoms with van der Waals surface area (Å²) in [5.41, 5.74) is 0. The summed E-state index contributed by atoms with van der Waals surface area (Å²) in [6.45, 7) is 3.47. The van der Waals surface area contributed by atoms with E-state index in [9.17, 15) is 4.79 Å². The Labute approximate surface area is 48.8 Å². The summed E-state index contributed by atoms with van der Waals surface area (Å²) in [6, 6.07) is 0. The summed E-state index contributed by atoms with van der Waals surface area (Å²) >= 11 is 0. The van der Waals surface area contributed by atoms with Gasteiger partial charge >= 0.3 is 0 Å². The van der Waals surface area contributed by atoms with E-state index in [1.165, 1.54) is 0 Å². The van der Waals surface area contributed by atoms with Crippen molar-refractivity contribution in [1.29, 1.82) is 0 Å². The topological polar surface area (TPSA) is 50.1 Å². The van der Waals surface area contributed by atoms with E-state index in [1.807, 2.05) is 0 Å². The van der Waals surface area contributed by atoms with Crippen LogP contribution in [0.3, 0.4) is 0 Å². The molecular formula is C5H10NO2. The van der Waals surface area contributed by atoms with Crippen molar-refractivity contribution in [3.8, 4) is 0 Å². The van der Waals surface area contributed by atoms with Gasteiger partial charge in [-0.25, -0.2) is 0 Å². The van der Waals surface area contributed by atoms with Crippen LogP contribution in [0.15, 0.2) is 0 Å². The van der Waals surface area contributed by atoms with Crippen LogP contribution >= 0.6 is 0 Å². The molecule has 8 heavy (non-hydrogen) atoms. The first-order valence-electron chi connectivity index (χ1n) is 2.49. The minimum Gasteiger partial charge on any atom is -0.297 e. The highest BCUT2D eigenvalue weighted by atomic mass is 16.6. The first-order chi connectivity index (χ1) is 3.68. The SMILES string of the molecule is CC(C)C(=O)CO[NH]. The third-order valence-corrected chi connectivity index (χ3v) is 0.858. The van der Waals surface area contributed by atoms with E-state index >= 15 is 0 Å². The van der Waals surface area contributed by atoms with Crippen molar-refractivity contribution in [1.82, 2.24) is 5.90 Å². The van der Waals surface area contributed by atoms with E-state index in [1.54, 1.807) is 13.8 Å². The van der Waals surface area contributed by atoms with Crippen LogP contribution in [0.25, 0.3) is 0 Å². The first kappa shape index (κ1) is 7.59. The fourth-order valence-corrected chi connectivity index (χ4v) is 0.238. The van der Waals surface area contributed by atoms with Gasteiger partial charge in [0, 0.05) is 5.92 Å². The summed E-state index contributed by atoms with van der Waals surface area (Å²) in [7, 11) is 0. The van der Waals surface area contributed by atoms with E-state index in [0.717, 1.165) is 0 Å². The third-order valence-electron chi connectivity index (χ3n) is 0.858. The Balaban J connectivity index is 3.33. The molecule has 0 spiro atoms. The van der Waals surface area contributed by atoms with Gasteiger partial charge in [0.2, 0.25) is 0 Å². The molecule has 0 saturated carbocycles. The molecule has 0 aliphatic rings. The lowest BCUT2D eigenvalue weighted by atomic mass is 10.1. The maximum absolute atomic E-state index is 10.5. The summed E-state index contributed by atoms with van der Waals surface area (Å²) in [5, 5.41) is 0. The van der Waals surface area contributed by atoms with Crippen molar-refractivity contribution < 1.29 is 9.63 Å². The highest BCUT2D eigenvalue weighted by Crippen LogP contribution is 1.92. The normalized spacial score (nSPS) is 10.0. The van der Waals surface area contributed by atoms with Gasteiger partial charge in [0.1, 0.15) is 6.61 Å². The van der Waals surface area contributed by atoms with Crippen LogP contribution in [0.5, 0.6) is 0 Å². The van der Waals surface area contributed by atoms with Gasteiger partial charge in [-0.15, -0.1) is 5.90 Å². The second-order valence-corrected chi connectivity index (χ2v) is 1.91. The highest BCUT2D eigenvalue weighted by molar-refractivity contribution is 5.81. The fourth-order valence-electron chi connectivity index (χ4n) is 0.238.